The van der Waals surface area contributed by atoms with Crippen LogP contribution in [0.4, 0.5) is 0 Å². The molecule has 0 bridgehead atoms. The van der Waals surface area contributed by atoms with Crippen LogP contribution in [0.15, 0.2) is 0 Å². The molecule has 1 saturated carbocycles. The topological polar surface area (TPSA) is 53.4 Å². The number of likely N-dealkylation sites (tertiary alicyclic amines) is 1. The van der Waals surface area contributed by atoms with Crippen molar-refractivity contribution in [1.82, 2.24) is 9.88 Å². The van der Waals surface area contributed by atoms with Crippen molar-refractivity contribution < 1.29 is 9.90 Å². The van der Waals surface area contributed by atoms with Crippen molar-refractivity contribution in [3.8, 4) is 0 Å². The van der Waals surface area contributed by atoms with Crippen molar-refractivity contribution in [2.24, 2.45) is 17.8 Å². The maximum atomic E-state index is 11.4. The van der Waals surface area contributed by atoms with E-state index in [9.17, 15) is 9.90 Å². The second-order valence-corrected chi connectivity index (χ2v) is 7.18. The van der Waals surface area contributed by atoms with Crippen molar-refractivity contribution >= 4 is 17.3 Å². The van der Waals surface area contributed by atoms with Gasteiger partial charge in [-0.05, 0) is 38.5 Å². The van der Waals surface area contributed by atoms with Gasteiger partial charge in [0.2, 0.25) is 0 Å². The molecule has 1 saturated heterocycles. The van der Waals surface area contributed by atoms with E-state index in [-0.39, 0.29) is 5.92 Å². The molecule has 0 unspecified atom stereocenters. The van der Waals surface area contributed by atoms with Crippen molar-refractivity contribution in [3.63, 3.8) is 0 Å². The number of aryl methyl sites for hydroxylation is 2. The number of carboxylic acids is 1. The highest BCUT2D eigenvalue weighted by molar-refractivity contribution is 7.11. The highest BCUT2D eigenvalue weighted by Gasteiger charge is 2.45. The van der Waals surface area contributed by atoms with Crippen LogP contribution in [0.25, 0.3) is 0 Å². The van der Waals surface area contributed by atoms with E-state index in [0.29, 0.717) is 18.4 Å². The Labute approximate surface area is 117 Å². The minimum Gasteiger partial charge on any atom is -0.481 e. The number of hydrogen-bond donors (Lipinski definition) is 1. The summed E-state index contributed by atoms with van der Waals surface area (Å²) in [6, 6.07) is 0. The predicted molar refractivity (Wildman–Crippen MR) is 74.2 cm³/mol. The maximum absolute atomic E-state index is 11.4. The Bertz CT molecular complexity index is 476. The SMILES string of the molecule is Cc1nc(CN2C[C@@H](C(=O)O)[C@H](C3CC3)C2)sc1C. The molecule has 1 aliphatic heterocycles. The summed E-state index contributed by atoms with van der Waals surface area (Å²) in [6.07, 6.45) is 2.44. The highest BCUT2D eigenvalue weighted by atomic mass is 32.1. The van der Waals surface area contributed by atoms with Gasteiger partial charge in [0.1, 0.15) is 5.01 Å². The lowest BCUT2D eigenvalue weighted by Gasteiger charge is -2.13. The molecule has 104 valence electrons. The van der Waals surface area contributed by atoms with Gasteiger partial charge in [0.05, 0.1) is 18.2 Å². The summed E-state index contributed by atoms with van der Waals surface area (Å²) >= 11 is 1.74. The summed E-state index contributed by atoms with van der Waals surface area (Å²) in [5.74, 6) is 0.228. The maximum Gasteiger partial charge on any atom is 0.308 e. The lowest BCUT2D eigenvalue weighted by atomic mass is 9.92. The zero-order valence-corrected chi connectivity index (χ0v) is 12.2. The van der Waals surface area contributed by atoms with Crippen LogP contribution < -0.4 is 0 Å². The van der Waals surface area contributed by atoms with Crippen LogP contribution >= 0.6 is 11.3 Å². The van der Waals surface area contributed by atoms with Gasteiger partial charge in [0, 0.05) is 18.0 Å². The van der Waals surface area contributed by atoms with Crippen molar-refractivity contribution in [2.75, 3.05) is 13.1 Å². The van der Waals surface area contributed by atoms with E-state index in [1.165, 1.54) is 17.7 Å². The molecule has 2 fully saturated rings. The van der Waals surface area contributed by atoms with Gasteiger partial charge >= 0.3 is 5.97 Å². The van der Waals surface area contributed by atoms with Gasteiger partial charge in [-0.15, -0.1) is 11.3 Å². The van der Waals surface area contributed by atoms with Gasteiger partial charge in [-0.2, -0.15) is 0 Å². The third kappa shape index (κ3) is 2.67. The van der Waals surface area contributed by atoms with Gasteiger partial charge in [-0.3, -0.25) is 9.69 Å². The minimum atomic E-state index is -0.620. The smallest absolute Gasteiger partial charge is 0.308 e. The normalized spacial score (nSPS) is 27.9. The Morgan fingerprint density at radius 3 is 2.68 bits per heavy atom. The quantitative estimate of drug-likeness (QED) is 0.919. The van der Waals surface area contributed by atoms with E-state index in [0.717, 1.165) is 23.8 Å². The monoisotopic (exact) mass is 280 g/mol. The summed E-state index contributed by atoms with van der Waals surface area (Å²) in [6.45, 7) is 6.56. The zero-order chi connectivity index (χ0) is 13.6. The average molecular weight is 280 g/mol. The molecule has 2 aliphatic rings. The largest absolute Gasteiger partial charge is 0.481 e. The Balaban J connectivity index is 1.67. The van der Waals surface area contributed by atoms with E-state index < -0.39 is 5.97 Å². The number of carbonyl (C=O) groups is 1. The van der Waals surface area contributed by atoms with Crippen LogP contribution in [-0.2, 0) is 11.3 Å². The predicted octanol–water partition coefficient (Wildman–Crippen LogP) is 2.30. The van der Waals surface area contributed by atoms with Crippen LogP contribution in [0.2, 0.25) is 0 Å². The summed E-state index contributed by atoms with van der Waals surface area (Å²) in [7, 11) is 0. The first kappa shape index (κ1) is 13.1. The Kier molecular flexibility index (Phi) is 3.35. The van der Waals surface area contributed by atoms with E-state index in [1.807, 2.05) is 6.92 Å². The number of carboxylic acid groups (broad SMARTS) is 1. The lowest BCUT2D eigenvalue weighted by Crippen LogP contribution is -2.24. The number of aliphatic carboxylic acids is 1. The molecule has 5 heteroatoms. The molecule has 1 aliphatic carbocycles. The molecule has 2 heterocycles. The third-order valence-corrected chi connectivity index (χ3v) is 5.47. The number of hydrogen-bond acceptors (Lipinski definition) is 4. The van der Waals surface area contributed by atoms with E-state index in [4.69, 9.17) is 0 Å². The van der Waals surface area contributed by atoms with Crippen LogP contribution in [-0.4, -0.2) is 34.0 Å². The first-order valence-electron chi connectivity index (χ1n) is 6.92. The van der Waals surface area contributed by atoms with Gasteiger partial charge < -0.3 is 5.11 Å². The highest BCUT2D eigenvalue weighted by Crippen LogP contribution is 2.44. The van der Waals surface area contributed by atoms with Crippen molar-refractivity contribution in [3.05, 3.63) is 15.6 Å². The van der Waals surface area contributed by atoms with Crippen molar-refractivity contribution in [2.45, 2.75) is 33.2 Å². The molecular weight excluding hydrogens is 260 g/mol. The molecule has 1 N–H and O–H groups in total. The first-order valence-corrected chi connectivity index (χ1v) is 7.74. The van der Waals surface area contributed by atoms with Gasteiger partial charge in [0.25, 0.3) is 0 Å². The molecule has 3 rings (SSSR count). The van der Waals surface area contributed by atoms with E-state index >= 15 is 0 Å². The number of aromatic nitrogens is 1. The molecule has 0 aromatic carbocycles. The molecule has 19 heavy (non-hydrogen) atoms. The average Bonchev–Trinajstić information content (AvgIpc) is 3.02. The fourth-order valence-electron chi connectivity index (χ4n) is 3.10. The number of rotatable bonds is 4. The summed E-state index contributed by atoms with van der Waals surface area (Å²) in [5.41, 5.74) is 1.10. The first-order chi connectivity index (χ1) is 9.04. The molecule has 0 radical (unpaired) electrons. The van der Waals surface area contributed by atoms with Gasteiger partial charge in [-0.25, -0.2) is 4.98 Å². The molecule has 1 aromatic rings. The lowest BCUT2D eigenvalue weighted by molar-refractivity contribution is -0.142. The number of nitrogens with zero attached hydrogens (tertiary/aromatic N) is 2. The minimum absolute atomic E-state index is 0.172. The Hall–Kier alpha value is -0.940. The van der Waals surface area contributed by atoms with Gasteiger partial charge in [0.15, 0.2) is 0 Å². The van der Waals surface area contributed by atoms with Crippen LogP contribution in [0.1, 0.15) is 28.4 Å². The fraction of sp³-hybridized carbons (Fsp3) is 0.714. The summed E-state index contributed by atoms with van der Waals surface area (Å²) < 4.78 is 0. The molecule has 2 atom stereocenters. The standard InChI is InChI=1S/C14H20N2O2S/c1-8-9(2)19-13(15-8)7-16-5-11(10-3-4-10)12(6-16)14(17)18/h10-12H,3-7H2,1-2H3,(H,17,18)/t11-,12+/m0/s1. The second kappa shape index (κ2) is 4.87. The summed E-state index contributed by atoms with van der Waals surface area (Å²) in [5, 5.41) is 10.5. The van der Waals surface area contributed by atoms with Crippen LogP contribution in [0.5, 0.6) is 0 Å². The summed E-state index contributed by atoms with van der Waals surface area (Å²) in [4.78, 5) is 19.5. The van der Waals surface area contributed by atoms with E-state index in [1.54, 1.807) is 11.3 Å². The van der Waals surface area contributed by atoms with E-state index in [2.05, 4.69) is 16.8 Å². The molecule has 1 aromatic heterocycles. The van der Waals surface area contributed by atoms with Gasteiger partial charge in [-0.1, -0.05) is 0 Å². The molecule has 0 amide bonds. The molecule has 4 nitrogen and oxygen atoms in total. The Morgan fingerprint density at radius 2 is 2.16 bits per heavy atom. The third-order valence-electron chi connectivity index (χ3n) is 4.42. The Morgan fingerprint density at radius 1 is 1.42 bits per heavy atom. The van der Waals surface area contributed by atoms with Crippen LogP contribution in [0.3, 0.4) is 0 Å². The van der Waals surface area contributed by atoms with Crippen molar-refractivity contribution in [1.29, 1.82) is 0 Å². The fourth-order valence-corrected chi connectivity index (χ4v) is 4.08. The zero-order valence-electron chi connectivity index (χ0n) is 11.4. The number of thiazole rings is 1. The molecule has 0 spiro atoms. The second-order valence-electron chi connectivity index (χ2n) is 5.89. The van der Waals surface area contributed by atoms with Crippen LogP contribution in [0, 0.1) is 31.6 Å². The molecular formula is C14H20N2O2S.